The van der Waals surface area contributed by atoms with Crippen molar-refractivity contribution in [2.24, 2.45) is 17.3 Å². The van der Waals surface area contributed by atoms with Crippen molar-refractivity contribution in [1.82, 2.24) is 0 Å². The molecule has 0 aromatic rings. The third kappa shape index (κ3) is 13.9. The van der Waals surface area contributed by atoms with E-state index in [0.29, 0.717) is 11.8 Å². The summed E-state index contributed by atoms with van der Waals surface area (Å²) in [5, 5.41) is 0. The minimum Gasteiger partial charge on any atom is -0.384 e. The molecule has 0 aliphatic heterocycles. The van der Waals surface area contributed by atoms with Crippen LogP contribution in [0, 0.1) is 94.4 Å². The number of ether oxygens (including phenoxy) is 2. The molecule has 3 fully saturated rings. The number of methoxy groups -OCH3 is 2. The van der Waals surface area contributed by atoms with Gasteiger partial charge in [0.15, 0.2) is 0 Å². The van der Waals surface area contributed by atoms with Crippen molar-refractivity contribution in [3.8, 4) is 0 Å². The molecule has 3 saturated carbocycles. The summed E-state index contributed by atoms with van der Waals surface area (Å²) < 4.78 is 10.8. The summed E-state index contributed by atoms with van der Waals surface area (Å²) in [5.74, 6) is 1.25. The fraction of sp³-hybridized carbons (Fsp3) is 0.520. The van der Waals surface area contributed by atoms with E-state index in [1.807, 2.05) is 64.2 Å². The summed E-state index contributed by atoms with van der Waals surface area (Å²) in [5.41, 5.74) is 0.202. The van der Waals surface area contributed by atoms with Crippen LogP contribution in [-0.2, 0) is 35.7 Å². The molecule has 2 atom stereocenters. The summed E-state index contributed by atoms with van der Waals surface area (Å²) in [7, 11) is 2.52. The van der Waals surface area contributed by atoms with E-state index >= 15 is 0 Å². The van der Waals surface area contributed by atoms with Gasteiger partial charge in [-0.05, 0) is 70.6 Å². The van der Waals surface area contributed by atoms with Crippen molar-refractivity contribution in [2.75, 3.05) is 27.4 Å². The summed E-state index contributed by atoms with van der Waals surface area (Å²) in [4.78, 5) is 0. The Balaban J connectivity index is 0.000000575. The Morgan fingerprint density at radius 3 is 1.52 bits per heavy atom. The van der Waals surface area contributed by atoms with Gasteiger partial charge >= 0.3 is 26.2 Å². The first-order valence-corrected chi connectivity index (χ1v) is 13.9. The topological polar surface area (TPSA) is 18.5 Å². The van der Waals surface area contributed by atoms with Gasteiger partial charge in [-0.2, -0.15) is 12.3 Å². The Labute approximate surface area is 203 Å². The van der Waals surface area contributed by atoms with Crippen molar-refractivity contribution < 1.29 is 35.7 Å². The Kier molecular flexibility index (Phi) is 17.2. The van der Waals surface area contributed by atoms with E-state index in [1.165, 1.54) is 12.8 Å². The Hall–Kier alpha value is 1.02. The molecule has 29 heavy (non-hydrogen) atoms. The molecule has 3 rings (SSSR count). The van der Waals surface area contributed by atoms with Gasteiger partial charge < -0.3 is 22.4 Å². The average Bonchev–Trinajstić information content (AvgIpc) is 3.39. The first-order chi connectivity index (χ1) is 13.3. The van der Waals surface area contributed by atoms with Gasteiger partial charge in [-0.3, -0.25) is 0 Å². The molecule has 3 aliphatic rings. The Morgan fingerprint density at radius 2 is 1.21 bits per heavy atom. The summed E-state index contributed by atoms with van der Waals surface area (Å²) >= 11 is 0. The van der Waals surface area contributed by atoms with Gasteiger partial charge in [-0.1, -0.05) is 32.0 Å². The first-order valence-electron chi connectivity index (χ1n) is 10.3. The second-order valence-corrected chi connectivity index (χ2v) is 14.2. The molecule has 0 spiro atoms. The molecule has 0 aromatic heterocycles. The molecular weight excluding hydrogens is 452 g/mol. The van der Waals surface area contributed by atoms with Crippen LogP contribution in [0.25, 0.3) is 0 Å². The molecule has 0 heterocycles. The van der Waals surface area contributed by atoms with Gasteiger partial charge in [0.25, 0.3) is 0 Å². The van der Waals surface area contributed by atoms with Crippen LogP contribution in [0.2, 0.25) is 19.6 Å². The molecule has 0 aromatic carbocycles. The van der Waals surface area contributed by atoms with Crippen molar-refractivity contribution in [3.63, 3.8) is 0 Å². The predicted octanol–water partition coefficient (Wildman–Crippen LogP) is 5.64. The fourth-order valence-corrected chi connectivity index (χ4v) is 4.85. The van der Waals surface area contributed by atoms with Gasteiger partial charge in [0, 0.05) is 19.6 Å². The maximum Gasteiger partial charge on any atom is 4.00 e. The SMILES string of the molecule is [CH2-][C@H]1CC(COC)(COC)C[C@@H]1C[CH-][Si](C)(C)C.[CH]1[CH][CH][CH][CH]1.[CH]1[CH][CH][CH][CH]1.[Zr+4]. The molecule has 4 heteroatoms. The molecule has 10 radical (unpaired) electrons. The Bertz CT molecular complexity index is 344. The maximum absolute atomic E-state index is 5.41. The normalized spacial score (nSPS) is 25.4. The van der Waals surface area contributed by atoms with E-state index in [9.17, 15) is 0 Å². The molecule has 158 valence electrons. The maximum atomic E-state index is 5.41. The van der Waals surface area contributed by atoms with Gasteiger partial charge in [-0.25, -0.2) is 0 Å². The van der Waals surface area contributed by atoms with Gasteiger partial charge in [0.2, 0.25) is 0 Å². The molecule has 2 nitrogen and oxygen atoms in total. The van der Waals surface area contributed by atoms with E-state index in [2.05, 4.69) is 32.6 Å². The van der Waals surface area contributed by atoms with Crippen LogP contribution in [0.4, 0.5) is 0 Å². The van der Waals surface area contributed by atoms with Gasteiger partial charge in [-0.15, -0.1) is 8.07 Å². The number of rotatable bonds is 7. The zero-order chi connectivity index (χ0) is 20.9. The van der Waals surface area contributed by atoms with Crippen LogP contribution in [0.3, 0.4) is 0 Å². The van der Waals surface area contributed by atoms with Crippen LogP contribution in [0.15, 0.2) is 0 Å². The van der Waals surface area contributed by atoms with Crippen LogP contribution < -0.4 is 0 Å². The first kappa shape index (κ1) is 30.0. The second kappa shape index (κ2) is 16.6. The zero-order valence-electron chi connectivity index (χ0n) is 19.1. The molecule has 3 aliphatic carbocycles. The smallest absolute Gasteiger partial charge is 0.384 e. The third-order valence-electron chi connectivity index (χ3n) is 5.10. The largest absolute Gasteiger partial charge is 4.00 e. The van der Waals surface area contributed by atoms with Gasteiger partial charge in [0.05, 0.1) is 13.2 Å². The van der Waals surface area contributed by atoms with Crippen molar-refractivity contribution >= 4 is 8.07 Å². The predicted molar refractivity (Wildman–Crippen MR) is 123 cm³/mol. The number of hydrogen-bond acceptors (Lipinski definition) is 2. The van der Waals surface area contributed by atoms with Crippen LogP contribution in [-0.4, -0.2) is 35.5 Å². The summed E-state index contributed by atoms with van der Waals surface area (Å²) in [6.07, 6.45) is 23.6. The molecule has 0 saturated heterocycles. The Morgan fingerprint density at radius 1 is 0.828 bits per heavy atom. The van der Waals surface area contributed by atoms with Crippen LogP contribution in [0.1, 0.15) is 19.3 Å². The van der Waals surface area contributed by atoms with Crippen molar-refractivity contribution in [3.05, 3.63) is 77.2 Å². The molecule has 0 amide bonds. The standard InChI is InChI=1S/C15H30O2Si.2C5H5.Zr/c1-13-9-15(11-16-2,12-17-3)10-14(13)7-8-18(4,5)6;2*1-2-4-5-3-1;/h8,13-14H,1,7,9-12H2,2-6H3;2*1-5H;/q-2;;;+4/t13-,14-;;;/m0.../s1. The van der Waals surface area contributed by atoms with Gasteiger partial charge in [0.1, 0.15) is 0 Å². The zero-order valence-corrected chi connectivity index (χ0v) is 22.5. The van der Waals surface area contributed by atoms with Crippen LogP contribution in [0.5, 0.6) is 0 Å². The summed E-state index contributed by atoms with van der Waals surface area (Å²) in [6.45, 7) is 13.2. The van der Waals surface area contributed by atoms with E-state index in [-0.39, 0.29) is 31.6 Å². The third-order valence-corrected chi connectivity index (χ3v) is 6.56. The molecular formula is C25H40O2SiZr+2. The van der Waals surface area contributed by atoms with Crippen molar-refractivity contribution in [1.29, 1.82) is 0 Å². The fourth-order valence-electron chi connectivity index (χ4n) is 3.84. The molecule has 0 unspecified atom stereocenters. The second-order valence-electron chi connectivity index (χ2n) is 9.02. The monoisotopic (exact) mass is 490 g/mol. The van der Waals surface area contributed by atoms with E-state index in [1.54, 1.807) is 14.2 Å². The average molecular weight is 492 g/mol. The van der Waals surface area contributed by atoms with E-state index < -0.39 is 8.07 Å². The minimum atomic E-state index is -1.05. The quantitative estimate of drug-likeness (QED) is 0.339. The van der Waals surface area contributed by atoms with Crippen molar-refractivity contribution in [2.45, 2.75) is 38.9 Å². The molecule has 0 N–H and O–H groups in total. The van der Waals surface area contributed by atoms with E-state index in [0.717, 1.165) is 19.6 Å². The minimum absolute atomic E-state index is 0. The van der Waals surface area contributed by atoms with Crippen LogP contribution >= 0.6 is 0 Å². The molecule has 0 bridgehead atoms. The number of hydrogen-bond donors (Lipinski definition) is 0. The summed E-state index contributed by atoms with van der Waals surface area (Å²) in [6, 6.07) is 2.57. The van der Waals surface area contributed by atoms with E-state index in [4.69, 9.17) is 9.47 Å².